The van der Waals surface area contributed by atoms with Gasteiger partial charge in [-0.15, -0.1) is 0 Å². The highest BCUT2D eigenvalue weighted by Crippen LogP contribution is 2.04. The predicted molar refractivity (Wildman–Crippen MR) is 49.0 cm³/mol. The fraction of sp³-hybridized carbons (Fsp3) is 0.889. The van der Waals surface area contributed by atoms with E-state index in [9.17, 15) is 4.79 Å². The third kappa shape index (κ3) is 3.22. The first-order valence-corrected chi connectivity index (χ1v) is 4.75. The van der Waals surface area contributed by atoms with Crippen LogP contribution in [0.25, 0.3) is 0 Å². The largest absolute Gasteiger partial charge is 0.346 e. The molecule has 0 aliphatic carbocycles. The van der Waals surface area contributed by atoms with Crippen LogP contribution in [0, 0.1) is 0 Å². The predicted octanol–water partition coefficient (Wildman–Crippen LogP) is 0.608. The van der Waals surface area contributed by atoms with E-state index in [1.54, 1.807) is 4.90 Å². The maximum Gasteiger partial charge on any atom is 0.222 e. The number of hydrogen-bond donors (Lipinski definition) is 1. The van der Waals surface area contributed by atoms with Gasteiger partial charge in [0.25, 0.3) is 0 Å². The van der Waals surface area contributed by atoms with Crippen LogP contribution in [0.1, 0.15) is 25.7 Å². The number of nitrogens with zero attached hydrogens (tertiary/aromatic N) is 1. The zero-order valence-electron chi connectivity index (χ0n) is 7.81. The van der Waals surface area contributed by atoms with Gasteiger partial charge in [-0.25, -0.2) is 0 Å². The summed E-state index contributed by atoms with van der Waals surface area (Å²) in [6.45, 7) is 3.46. The molecule has 1 N–H and O–H groups in total. The van der Waals surface area contributed by atoms with Gasteiger partial charge in [0, 0.05) is 20.0 Å². The third-order valence-electron chi connectivity index (χ3n) is 2.27. The minimum absolute atomic E-state index is 0.292. The van der Waals surface area contributed by atoms with Crippen molar-refractivity contribution in [2.45, 2.75) is 25.7 Å². The lowest BCUT2D eigenvalue weighted by Gasteiger charge is -2.03. The maximum atomic E-state index is 10.5. The van der Waals surface area contributed by atoms with Gasteiger partial charge < -0.3 is 10.2 Å². The molecular formula is C9H18N2O. The van der Waals surface area contributed by atoms with Crippen LogP contribution in [0.3, 0.4) is 0 Å². The van der Waals surface area contributed by atoms with Crippen molar-refractivity contribution >= 4 is 5.91 Å². The van der Waals surface area contributed by atoms with Gasteiger partial charge >= 0.3 is 0 Å². The molecule has 0 bridgehead atoms. The number of rotatable bonds is 0. The van der Waals surface area contributed by atoms with Crippen molar-refractivity contribution in [3.05, 3.63) is 0 Å². The van der Waals surface area contributed by atoms with Gasteiger partial charge in [0.2, 0.25) is 5.91 Å². The number of likely N-dealkylation sites (tertiary alicyclic amines) is 1. The van der Waals surface area contributed by atoms with E-state index in [2.05, 4.69) is 5.32 Å². The van der Waals surface area contributed by atoms with Crippen LogP contribution in [0.4, 0.5) is 0 Å². The highest BCUT2D eigenvalue weighted by molar-refractivity contribution is 5.77. The van der Waals surface area contributed by atoms with Crippen molar-refractivity contribution in [3.8, 4) is 0 Å². The monoisotopic (exact) mass is 170 g/mol. The Morgan fingerprint density at radius 3 is 2.08 bits per heavy atom. The summed E-state index contributed by atoms with van der Waals surface area (Å²) in [7, 11) is 1.84. The van der Waals surface area contributed by atoms with Crippen LogP contribution >= 0.6 is 0 Å². The number of carbonyl (C=O) groups excluding carboxylic acids is 1. The lowest BCUT2D eigenvalue weighted by atomic mass is 10.4. The Hall–Kier alpha value is -0.570. The Morgan fingerprint density at radius 2 is 1.92 bits per heavy atom. The first kappa shape index (κ1) is 9.52. The minimum atomic E-state index is 0.292. The van der Waals surface area contributed by atoms with Crippen molar-refractivity contribution in [1.29, 1.82) is 0 Å². The van der Waals surface area contributed by atoms with Crippen molar-refractivity contribution in [3.63, 3.8) is 0 Å². The van der Waals surface area contributed by atoms with E-state index in [1.807, 2.05) is 7.05 Å². The van der Waals surface area contributed by atoms with Crippen molar-refractivity contribution in [1.82, 2.24) is 10.2 Å². The lowest BCUT2D eigenvalue weighted by molar-refractivity contribution is -0.126. The summed E-state index contributed by atoms with van der Waals surface area (Å²) >= 11 is 0. The maximum absolute atomic E-state index is 10.5. The molecule has 12 heavy (non-hydrogen) atoms. The summed E-state index contributed by atoms with van der Waals surface area (Å²) < 4.78 is 0. The summed E-state index contributed by atoms with van der Waals surface area (Å²) in [6.07, 6.45) is 4.59. The average Bonchev–Trinajstić information content (AvgIpc) is 2.67. The van der Waals surface area contributed by atoms with Crippen LogP contribution < -0.4 is 5.32 Å². The molecule has 2 heterocycles. The van der Waals surface area contributed by atoms with Gasteiger partial charge in [-0.05, 0) is 32.4 Å². The molecule has 70 valence electrons. The summed E-state index contributed by atoms with van der Waals surface area (Å²) in [5, 5.41) is 3.22. The molecule has 2 rings (SSSR count). The standard InChI is InChI=1S/C5H9NO.C4H9N/c1-6-4-2-3-5(6)7;1-2-4-5-3-1/h2-4H2,1H3;5H,1-4H2. The molecule has 1 amide bonds. The molecule has 0 radical (unpaired) electrons. The quantitative estimate of drug-likeness (QED) is 0.577. The summed E-state index contributed by atoms with van der Waals surface area (Å²) in [5.74, 6) is 0.292. The first-order valence-electron chi connectivity index (χ1n) is 4.75. The van der Waals surface area contributed by atoms with Crippen LogP contribution in [-0.2, 0) is 4.79 Å². The molecule has 2 fully saturated rings. The molecule has 0 aromatic heterocycles. The van der Waals surface area contributed by atoms with E-state index in [-0.39, 0.29) is 0 Å². The molecule has 0 unspecified atom stereocenters. The Morgan fingerprint density at radius 1 is 1.25 bits per heavy atom. The van der Waals surface area contributed by atoms with Crippen molar-refractivity contribution < 1.29 is 4.79 Å². The van der Waals surface area contributed by atoms with Gasteiger partial charge in [-0.1, -0.05) is 0 Å². The number of carbonyl (C=O) groups is 1. The van der Waals surface area contributed by atoms with E-state index in [0.29, 0.717) is 5.91 Å². The number of amides is 1. The first-order chi connectivity index (χ1) is 5.80. The Bertz CT molecular complexity index is 136. The zero-order valence-corrected chi connectivity index (χ0v) is 7.81. The van der Waals surface area contributed by atoms with Gasteiger partial charge in [0.1, 0.15) is 0 Å². The van der Waals surface area contributed by atoms with E-state index in [0.717, 1.165) is 19.4 Å². The molecule has 3 nitrogen and oxygen atoms in total. The Labute approximate surface area is 74.1 Å². The summed E-state index contributed by atoms with van der Waals surface area (Å²) in [6, 6.07) is 0. The average molecular weight is 170 g/mol. The van der Waals surface area contributed by atoms with Crippen molar-refractivity contribution in [2.75, 3.05) is 26.7 Å². The normalized spacial score (nSPS) is 22.4. The van der Waals surface area contributed by atoms with E-state index < -0.39 is 0 Å². The van der Waals surface area contributed by atoms with Gasteiger partial charge in [-0.3, -0.25) is 4.79 Å². The van der Waals surface area contributed by atoms with Crippen LogP contribution in [-0.4, -0.2) is 37.5 Å². The number of nitrogens with one attached hydrogen (secondary N) is 1. The SMILES string of the molecule is C1CCNC1.CN1CCCC1=O. The third-order valence-corrected chi connectivity index (χ3v) is 2.27. The summed E-state index contributed by atoms with van der Waals surface area (Å²) in [4.78, 5) is 12.3. The van der Waals surface area contributed by atoms with Crippen LogP contribution in [0.5, 0.6) is 0 Å². The fourth-order valence-electron chi connectivity index (χ4n) is 1.41. The molecule has 0 spiro atoms. The van der Waals surface area contributed by atoms with Crippen LogP contribution in [0.15, 0.2) is 0 Å². The smallest absolute Gasteiger partial charge is 0.222 e. The molecule has 0 atom stereocenters. The van der Waals surface area contributed by atoms with E-state index in [4.69, 9.17) is 0 Å². The highest BCUT2D eigenvalue weighted by Gasteiger charge is 2.14. The van der Waals surface area contributed by atoms with E-state index in [1.165, 1.54) is 25.9 Å². The zero-order chi connectivity index (χ0) is 8.81. The Balaban J connectivity index is 0.000000127. The molecule has 2 aliphatic heterocycles. The van der Waals surface area contributed by atoms with Gasteiger partial charge in [-0.2, -0.15) is 0 Å². The number of hydrogen-bond acceptors (Lipinski definition) is 2. The molecular weight excluding hydrogens is 152 g/mol. The second-order valence-electron chi connectivity index (χ2n) is 3.38. The van der Waals surface area contributed by atoms with Crippen molar-refractivity contribution in [2.24, 2.45) is 0 Å². The fourth-order valence-corrected chi connectivity index (χ4v) is 1.41. The molecule has 2 aliphatic rings. The molecule has 2 saturated heterocycles. The van der Waals surface area contributed by atoms with Gasteiger partial charge in [0.15, 0.2) is 0 Å². The molecule has 3 heteroatoms. The highest BCUT2D eigenvalue weighted by atomic mass is 16.2. The topological polar surface area (TPSA) is 32.3 Å². The minimum Gasteiger partial charge on any atom is -0.346 e. The molecule has 0 saturated carbocycles. The summed E-state index contributed by atoms with van der Waals surface area (Å²) in [5.41, 5.74) is 0. The Kier molecular flexibility index (Phi) is 4.08. The molecule has 0 aromatic rings. The van der Waals surface area contributed by atoms with Crippen LogP contribution in [0.2, 0.25) is 0 Å². The molecule has 0 aromatic carbocycles. The van der Waals surface area contributed by atoms with E-state index >= 15 is 0 Å². The van der Waals surface area contributed by atoms with Gasteiger partial charge in [0.05, 0.1) is 0 Å². The lowest BCUT2D eigenvalue weighted by Crippen LogP contribution is -2.17. The second-order valence-corrected chi connectivity index (χ2v) is 3.38. The second kappa shape index (κ2) is 5.14.